The van der Waals surface area contributed by atoms with Gasteiger partial charge in [0.25, 0.3) is 5.91 Å². The average molecular weight is 447 g/mol. The summed E-state index contributed by atoms with van der Waals surface area (Å²) in [4.78, 5) is 25.9. The minimum Gasteiger partial charge on any atom is -0.495 e. The molecule has 1 amide bonds. The molecule has 0 atom stereocenters. The molecule has 0 aliphatic carbocycles. The lowest BCUT2D eigenvalue weighted by molar-refractivity contribution is -0.119. The van der Waals surface area contributed by atoms with Crippen molar-refractivity contribution in [3.8, 4) is 11.5 Å². The Kier molecular flexibility index (Phi) is 6.95. The van der Waals surface area contributed by atoms with Crippen molar-refractivity contribution in [1.82, 2.24) is 24.6 Å². The molecule has 0 spiro atoms. The van der Waals surface area contributed by atoms with Gasteiger partial charge < -0.3 is 14.2 Å². The van der Waals surface area contributed by atoms with Gasteiger partial charge in [-0.2, -0.15) is 5.10 Å². The molecule has 1 saturated heterocycles. The Morgan fingerprint density at radius 2 is 2.00 bits per heavy atom. The fourth-order valence-electron chi connectivity index (χ4n) is 3.53. The van der Waals surface area contributed by atoms with Gasteiger partial charge in [-0.05, 0) is 18.6 Å². The van der Waals surface area contributed by atoms with Gasteiger partial charge in [-0.25, -0.2) is 14.6 Å². The van der Waals surface area contributed by atoms with Crippen LogP contribution in [0.15, 0.2) is 24.8 Å². The number of hydrogen-bond acceptors (Lipinski definition) is 9. The number of hydrogen-bond donors (Lipinski definition) is 0. The molecule has 11 heteroatoms. The Morgan fingerprint density at radius 3 is 2.71 bits per heavy atom. The van der Waals surface area contributed by atoms with E-state index in [0.717, 1.165) is 44.0 Å². The molecule has 1 aliphatic rings. The van der Waals surface area contributed by atoms with Crippen LogP contribution in [0.4, 0.5) is 5.13 Å². The number of benzene rings is 1. The Morgan fingerprint density at radius 1 is 1.23 bits per heavy atom. The third kappa shape index (κ3) is 4.94. The topological polar surface area (TPSA) is 94.8 Å². The lowest BCUT2D eigenvalue weighted by Gasteiger charge is -2.27. The first-order chi connectivity index (χ1) is 15.2. The van der Waals surface area contributed by atoms with Crippen molar-refractivity contribution < 1.29 is 19.0 Å². The zero-order valence-corrected chi connectivity index (χ0v) is 18.5. The first-order valence-corrected chi connectivity index (χ1v) is 11.0. The molecule has 2 aromatic heterocycles. The number of methoxy groups -OCH3 is 2. The number of aromatic nitrogens is 4. The molecular formula is C20H26N6O4S. The highest BCUT2D eigenvalue weighted by Crippen LogP contribution is 2.40. The zero-order chi connectivity index (χ0) is 21.6. The van der Waals surface area contributed by atoms with E-state index in [1.807, 2.05) is 12.1 Å². The molecule has 0 radical (unpaired) electrons. The lowest BCUT2D eigenvalue weighted by atomic mass is 10.3. The molecule has 10 nitrogen and oxygen atoms in total. The summed E-state index contributed by atoms with van der Waals surface area (Å²) in [6.07, 6.45) is 3.78. The molecule has 3 heterocycles. The second-order valence-corrected chi connectivity index (χ2v) is 8.07. The van der Waals surface area contributed by atoms with Crippen LogP contribution in [0.5, 0.6) is 11.5 Å². The summed E-state index contributed by atoms with van der Waals surface area (Å²) in [7, 11) is 3.23. The van der Waals surface area contributed by atoms with Gasteiger partial charge >= 0.3 is 0 Å². The van der Waals surface area contributed by atoms with Crippen LogP contribution in [0.2, 0.25) is 0 Å². The zero-order valence-electron chi connectivity index (χ0n) is 17.7. The van der Waals surface area contributed by atoms with Crippen LogP contribution < -0.4 is 14.4 Å². The van der Waals surface area contributed by atoms with Gasteiger partial charge in [0.05, 0.1) is 27.4 Å². The molecule has 0 bridgehead atoms. The summed E-state index contributed by atoms with van der Waals surface area (Å²) in [6, 6.07) is 3.67. The average Bonchev–Trinajstić information content (AvgIpc) is 3.46. The number of nitrogens with zero attached hydrogens (tertiary/aromatic N) is 6. The fraction of sp³-hybridized carbons (Fsp3) is 0.500. The van der Waals surface area contributed by atoms with Gasteiger partial charge in [-0.1, -0.05) is 11.3 Å². The second kappa shape index (κ2) is 10.0. The predicted octanol–water partition coefficient (Wildman–Crippen LogP) is 1.66. The van der Waals surface area contributed by atoms with Crippen molar-refractivity contribution in [3.63, 3.8) is 0 Å². The van der Waals surface area contributed by atoms with E-state index >= 15 is 0 Å². The van der Waals surface area contributed by atoms with Crippen molar-refractivity contribution in [2.24, 2.45) is 0 Å². The van der Waals surface area contributed by atoms with Crippen LogP contribution in [0.25, 0.3) is 10.2 Å². The number of morpholine rings is 1. The molecule has 166 valence electrons. The van der Waals surface area contributed by atoms with Crippen LogP contribution in [0.3, 0.4) is 0 Å². The smallest absolute Gasteiger partial charge is 0.250 e. The van der Waals surface area contributed by atoms with E-state index in [1.54, 1.807) is 19.1 Å². The maximum absolute atomic E-state index is 13.2. The van der Waals surface area contributed by atoms with E-state index < -0.39 is 0 Å². The van der Waals surface area contributed by atoms with Crippen LogP contribution in [-0.2, 0) is 16.1 Å². The molecule has 31 heavy (non-hydrogen) atoms. The number of fused-ring (bicyclic) bond motifs is 1. The lowest BCUT2D eigenvalue weighted by Crippen LogP contribution is -2.40. The number of ether oxygens (including phenoxy) is 3. The van der Waals surface area contributed by atoms with Crippen LogP contribution >= 0.6 is 11.3 Å². The van der Waals surface area contributed by atoms with Crippen molar-refractivity contribution in [2.75, 3.05) is 58.5 Å². The minimum absolute atomic E-state index is 0.0931. The monoisotopic (exact) mass is 446 g/mol. The maximum atomic E-state index is 13.2. The minimum atomic E-state index is -0.0931. The molecule has 3 aromatic rings. The molecule has 1 aromatic carbocycles. The van der Waals surface area contributed by atoms with E-state index in [2.05, 4.69) is 15.0 Å². The number of rotatable bonds is 9. The van der Waals surface area contributed by atoms with E-state index in [9.17, 15) is 4.79 Å². The van der Waals surface area contributed by atoms with E-state index in [0.29, 0.717) is 28.7 Å². The summed E-state index contributed by atoms with van der Waals surface area (Å²) < 4.78 is 18.8. The number of carbonyl (C=O) groups is 1. The third-order valence-electron chi connectivity index (χ3n) is 5.15. The summed E-state index contributed by atoms with van der Waals surface area (Å²) >= 11 is 1.42. The van der Waals surface area contributed by atoms with Crippen molar-refractivity contribution in [3.05, 3.63) is 24.8 Å². The molecule has 0 unspecified atom stereocenters. The van der Waals surface area contributed by atoms with Gasteiger partial charge in [0.2, 0.25) is 0 Å². The first-order valence-electron chi connectivity index (χ1n) is 10.1. The van der Waals surface area contributed by atoms with Crippen molar-refractivity contribution in [1.29, 1.82) is 0 Å². The number of carbonyl (C=O) groups excluding carboxylic acids is 1. The van der Waals surface area contributed by atoms with E-state index in [-0.39, 0.29) is 12.5 Å². The van der Waals surface area contributed by atoms with E-state index in [1.165, 1.54) is 28.7 Å². The number of anilines is 1. The third-order valence-corrected chi connectivity index (χ3v) is 6.25. The molecule has 0 N–H and O–H groups in total. The standard InChI is InChI=1S/C20H26N6O4S/c1-28-15-4-5-16(29-2)19-18(15)23-20(31-19)26(17(27)12-25-14-21-13-22-25)7-3-6-24-8-10-30-11-9-24/h4-5,13-14H,3,6-12H2,1-2H3. The SMILES string of the molecule is COc1ccc(OC)c2sc(N(CCCN3CCOCC3)C(=O)Cn3cncn3)nc12. The molecule has 4 rings (SSSR count). The quantitative estimate of drug-likeness (QED) is 0.490. The largest absolute Gasteiger partial charge is 0.495 e. The molecule has 1 aliphatic heterocycles. The fourth-order valence-corrected chi connectivity index (χ4v) is 4.65. The van der Waals surface area contributed by atoms with Gasteiger partial charge in [0, 0.05) is 26.2 Å². The Hall–Kier alpha value is -2.76. The highest BCUT2D eigenvalue weighted by Gasteiger charge is 2.23. The maximum Gasteiger partial charge on any atom is 0.250 e. The summed E-state index contributed by atoms with van der Waals surface area (Å²) in [6.45, 7) is 4.90. The van der Waals surface area contributed by atoms with Gasteiger partial charge in [0.15, 0.2) is 5.13 Å². The van der Waals surface area contributed by atoms with Gasteiger partial charge in [-0.3, -0.25) is 14.6 Å². The van der Waals surface area contributed by atoms with Gasteiger partial charge in [0.1, 0.15) is 40.9 Å². The summed E-state index contributed by atoms with van der Waals surface area (Å²) in [5.74, 6) is 1.26. The Balaban J connectivity index is 1.58. The van der Waals surface area contributed by atoms with Crippen LogP contribution in [0.1, 0.15) is 6.42 Å². The van der Waals surface area contributed by atoms with Gasteiger partial charge in [-0.15, -0.1) is 0 Å². The van der Waals surface area contributed by atoms with Crippen LogP contribution in [-0.4, -0.2) is 84.2 Å². The first kappa shape index (κ1) is 21.5. The van der Waals surface area contributed by atoms with Crippen LogP contribution in [0, 0.1) is 0 Å². The normalized spacial score (nSPS) is 14.6. The van der Waals surface area contributed by atoms with Crippen molar-refractivity contribution in [2.45, 2.75) is 13.0 Å². The number of amides is 1. The van der Waals surface area contributed by atoms with E-state index in [4.69, 9.17) is 19.2 Å². The second-order valence-electron chi connectivity index (χ2n) is 7.09. The summed E-state index contributed by atoms with van der Waals surface area (Å²) in [5, 5.41) is 4.68. The molecule has 1 fully saturated rings. The summed E-state index contributed by atoms with van der Waals surface area (Å²) in [5.41, 5.74) is 0.689. The predicted molar refractivity (Wildman–Crippen MR) is 117 cm³/mol. The highest BCUT2D eigenvalue weighted by atomic mass is 32.1. The highest BCUT2D eigenvalue weighted by molar-refractivity contribution is 7.22. The molecule has 0 saturated carbocycles. The Labute approximate surface area is 184 Å². The van der Waals surface area contributed by atoms with Crippen molar-refractivity contribution >= 4 is 32.6 Å². The number of thiazole rings is 1. The molecular weight excluding hydrogens is 420 g/mol. The Bertz CT molecular complexity index is 962.